The fraction of sp³-hybridized carbons (Fsp3) is 0. The van der Waals surface area contributed by atoms with E-state index in [1.165, 1.54) is 12.1 Å². The largest absolute Gasteiger partial charge is 0.478 e. The van der Waals surface area contributed by atoms with Gasteiger partial charge in [0.15, 0.2) is 5.65 Å². The van der Waals surface area contributed by atoms with Crippen LogP contribution in [0, 0.1) is 0 Å². The summed E-state index contributed by atoms with van der Waals surface area (Å²) in [5.74, 6) is -0.226. The Labute approximate surface area is 186 Å². The molecule has 0 aliphatic carbocycles. The molecule has 0 bridgehead atoms. The molecule has 158 valence electrons. The Bertz CT molecular complexity index is 1680. The van der Waals surface area contributed by atoms with E-state index in [4.69, 9.17) is 0 Å². The minimum atomic E-state index is -1.00. The number of H-pyrrole nitrogens is 1. The number of nitrogens with zero attached hydrogens (tertiary/aromatic N) is 6. The highest BCUT2D eigenvalue weighted by Gasteiger charge is 2.12. The van der Waals surface area contributed by atoms with Crippen LogP contribution in [0.3, 0.4) is 0 Å². The second-order valence-electron chi connectivity index (χ2n) is 7.50. The van der Waals surface area contributed by atoms with E-state index in [0.717, 1.165) is 33.3 Å². The van der Waals surface area contributed by atoms with E-state index in [1.807, 2.05) is 48.5 Å². The molecule has 6 rings (SSSR count). The number of benzene rings is 3. The molecular weight excluding hydrogens is 418 g/mol. The molecule has 9 heteroatoms. The highest BCUT2D eigenvalue weighted by atomic mass is 16.4. The second-order valence-corrected chi connectivity index (χ2v) is 7.50. The van der Waals surface area contributed by atoms with Gasteiger partial charge in [0.1, 0.15) is 5.82 Å². The van der Waals surface area contributed by atoms with Gasteiger partial charge in [-0.15, -0.1) is 5.10 Å². The molecular formula is C24H15N7O2. The number of hydrogen-bond acceptors (Lipinski definition) is 6. The van der Waals surface area contributed by atoms with Crippen molar-refractivity contribution >= 4 is 45.5 Å². The van der Waals surface area contributed by atoms with Crippen LogP contribution < -0.4 is 0 Å². The van der Waals surface area contributed by atoms with Crippen molar-refractivity contribution in [2.75, 3.05) is 0 Å². The summed E-state index contributed by atoms with van der Waals surface area (Å²) >= 11 is 0. The van der Waals surface area contributed by atoms with E-state index in [9.17, 15) is 9.90 Å². The van der Waals surface area contributed by atoms with Gasteiger partial charge in [-0.05, 0) is 65.0 Å². The van der Waals surface area contributed by atoms with E-state index in [-0.39, 0.29) is 5.56 Å². The standard InChI is InChI=1S/C24H15N7O2/c32-24(33)15-4-3-5-18(12-15)25-13-17-11-16-10-14(8-9-21(16)31-23(17)28-29-30-31)22-26-19-6-1-2-7-20(19)27-22/h1-13H,(H,26,27)(H,32,33). The molecule has 9 nitrogen and oxygen atoms in total. The number of tetrazole rings is 1. The van der Waals surface area contributed by atoms with E-state index < -0.39 is 5.97 Å². The van der Waals surface area contributed by atoms with Gasteiger partial charge >= 0.3 is 5.97 Å². The number of aromatic amines is 1. The first-order chi connectivity index (χ1) is 16.2. The predicted octanol–water partition coefficient (Wildman–Crippen LogP) is 4.27. The number of imidazole rings is 1. The predicted molar refractivity (Wildman–Crippen MR) is 124 cm³/mol. The third-order valence-corrected chi connectivity index (χ3v) is 5.40. The molecule has 0 spiro atoms. The number of aliphatic imine (C=N–C) groups is 1. The summed E-state index contributed by atoms with van der Waals surface area (Å²) < 4.78 is 1.66. The van der Waals surface area contributed by atoms with Crippen LogP contribution in [0.4, 0.5) is 5.69 Å². The molecule has 3 aromatic carbocycles. The Morgan fingerprint density at radius 1 is 1.03 bits per heavy atom. The molecule has 0 aliphatic heterocycles. The Kier molecular flexibility index (Phi) is 4.19. The maximum Gasteiger partial charge on any atom is 0.335 e. The van der Waals surface area contributed by atoms with Crippen molar-refractivity contribution < 1.29 is 9.90 Å². The maximum atomic E-state index is 11.2. The maximum absolute atomic E-state index is 11.2. The Hall–Kier alpha value is -4.92. The van der Waals surface area contributed by atoms with E-state index in [0.29, 0.717) is 16.9 Å². The van der Waals surface area contributed by atoms with Crippen LogP contribution in [-0.4, -0.2) is 47.3 Å². The van der Waals surface area contributed by atoms with Gasteiger partial charge in [0.05, 0.1) is 27.8 Å². The van der Waals surface area contributed by atoms with Crippen LogP contribution >= 0.6 is 0 Å². The molecule has 33 heavy (non-hydrogen) atoms. The molecule has 3 heterocycles. The molecule has 0 radical (unpaired) electrons. The molecule has 0 atom stereocenters. The summed E-state index contributed by atoms with van der Waals surface area (Å²) in [5.41, 5.74) is 5.61. The monoisotopic (exact) mass is 433 g/mol. The molecule has 0 aliphatic rings. The smallest absolute Gasteiger partial charge is 0.335 e. The van der Waals surface area contributed by atoms with Crippen molar-refractivity contribution in [3.63, 3.8) is 0 Å². The van der Waals surface area contributed by atoms with Gasteiger partial charge in [-0.3, -0.25) is 4.99 Å². The number of carboxylic acid groups (broad SMARTS) is 1. The van der Waals surface area contributed by atoms with Crippen LogP contribution in [-0.2, 0) is 0 Å². The molecule has 0 saturated heterocycles. The summed E-state index contributed by atoms with van der Waals surface area (Å²) in [6.45, 7) is 0. The van der Waals surface area contributed by atoms with Crippen molar-refractivity contribution in [3.8, 4) is 11.4 Å². The van der Waals surface area contributed by atoms with Crippen LogP contribution in [0.1, 0.15) is 15.9 Å². The minimum absolute atomic E-state index is 0.174. The summed E-state index contributed by atoms with van der Waals surface area (Å²) in [6.07, 6.45) is 1.64. The molecule has 0 fully saturated rings. The SMILES string of the molecule is O=C(O)c1cccc(N=Cc2cc3cc(-c4nc5ccccc5[nH]4)ccc3n3nnnc23)c1. The Morgan fingerprint density at radius 3 is 2.82 bits per heavy atom. The van der Waals surface area contributed by atoms with Crippen LogP contribution in [0.5, 0.6) is 0 Å². The number of nitrogens with one attached hydrogen (secondary N) is 1. The van der Waals surface area contributed by atoms with Gasteiger partial charge in [0, 0.05) is 22.7 Å². The fourth-order valence-corrected chi connectivity index (χ4v) is 3.82. The lowest BCUT2D eigenvalue weighted by Crippen LogP contribution is -1.97. The number of aromatic nitrogens is 6. The van der Waals surface area contributed by atoms with Crippen molar-refractivity contribution in [3.05, 3.63) is 83.9 Å². The zero-order chi connectivity index (χ0) is 22.4. The summed E-state index contributed by atoms with van der Waals surface area (Å²) in [5, 5.41) is 22.2. The summed E-state index contributed by atoms with van der Waals surface area (Å²) in [7, 11) is 0. The molecule has 0 amide bonds. The topological polar surface area (TPSA) is 121 Å². The number of hydrogen-bond donors (Lipinski definition) is 2. The number of carbonyl (C=O) groups is 1. The summed E-state index contributed by atoms with van der Waals surface area (Å²) in [6, 6.07) is 22.2. The van der Waals surface area contributed by atoms with Crippen molar-refractivity contribution in [1.29, 1.82) is 0 Å². The van der Waals surface area contributed by atoms with Gasteiger partial charge in [0.25, 0.3) is 0 Å². The molecule has 0 unspecified atom stereocenters. The van der Waals surface area contributed by atoms with Gasteiger partial charge in [-0.1, -0.05) is 18.2 Å². The van der Waals surface area contributed by atoms with Crippen LogP contribution in [0.15, 0.2) is 77.8 Å². The third-order valence-electron chi connectivity index (χ3n) is 5.40. The van der Waals surface area contributed by atoms with Crippen LogP contribution in [0.2, 0.25) is 0 Å². The molecule has 2 N–H and O–H groups in total. The first-order valence-electron chi connectivity index (χ1n) is 10.1. The Balaban J connectivity index is 1.47. The van der Waals surface area contributed by atoms with Crippen molar-refractivity contribution in [2.24, 2.45) is 4.99 Å². The summed E-state index contributed by atoms with van der Waals surface area (Å²) in [4.78, 5) is 23.7. The lowest BCUT2D eigenvalue weighted by molar-refractivity contribution is 0.0697. The van der Waals surface area contributed by atoms with Gasteiger partial charge in [-0.25, -0.2) is 9.78 Å². The van der Waals surface area contributed by atoms with E-state index in [2.05, 4.69) is 30.5 Å². The normalized spacial score (nSPS) is 11.8. The first-order valence-corrected chi connectivity index (χ1v) is 10.1. The van der Waals surface area contributed by atoms with Crippen molar-refractivity contribution in [2.45, 2.75) is 0 Å². The average molecular weight is 433 g/mol. The van der Waals surface area contributed by atoms with Gasteiger partial charge < -0.3 is 10.1 Å². The fourth-order valence-electron chi connectivity index (χ4n) is 3.82. The van der Waals surface area contributed by atoms with E-state index >= 15 is 0 Å². The lowest BCUT2D eigenvalue weighted by atomic mass is 10.1. The Morgan fingerprint density at radius 2 is 1.94 bits per heavy atom. The highest BCUT2D eigenvalue weighted by Crippen LogP contribution is 2.26. The van der Waals surface area contributed by atoms with Crippen molar-refractivity contribution in [1.82, 2.24) is 30.0 Å². The number of pyridine rings is 1. The number of carboxylic acids is 1. The molecule has 0 saturated carbocycles. The van der Waals surface area contributed by atoms with Gasteiger partial charge in [0.2, 0.25) is 0 Å². The zero-order valence-electron chi connectivity index (χ0n) is 17.0. The number of para-hydroxylation sites is 2. The lowest BCUT2D eigenvalue weighted by Gasteiger charge is -2.05. The quantitative estimate of drug-likeness (QED) is 0.401. The van der Waals surface area contributed by atoms with Crippen LogP contribution in [0.25, 0.3) is 39.0 Å². The average Bonchev–Trinajstić information content (AvgIpc) is 3.50. The number of fused-ring (bicyclic) bond motifs is 4. The highest BCUT2D eigenvalue weighted by molar-refractivity contribution is 5.97. The van der Waals surface area contributed by atoms with Gasteiger partial charge in [-0.2, -0.15) is 4.52 Å². The number of rotatable bonds is 4. The second kappa shape index (κ2) is 7.34. The third kappa shape index (κ3) is 3.28. The number of aromatic carboxylic acids is 1. The zero-order valence-corrected chi connectivity index (χ0v) is 17.0. The van der Waals surface area contributed by atoms with E-state index in [1.54, 1.807) is 22.9 Å². The molecule has 3 aromatic heterocycles. The molecule has 6 aromatic rings. The minimum Gasteiger partial charge on any atom is -0.478 e. The first kappa shape index (κ1) is 18.8.